The quantitative estimate of drug-likeness (QED) is 0.904. The van der Waals surface area contributed by atoms with Crippen LogP contribution < -0.4 is 4.72 Å². The van der Waals surface area contributed by atoms with Crippen LogP contribution in [0.2, 0.25) is 0 Å². The first-order valence-electron chi connectivity index (χ1n) is 7.49. The highest BCUT2D eigenvalue weighted by Gasteiger charge is 2.20. The molecule has 22 heavy (non-hydrogen) atoms. The van der Waals surface area contributed by atoms with Gasteiger partial charge in [-0.15, -0.1) is 0 Å². The summed E-state index contributed by atoms with van der Waals surface area (Å²) >= 11 is 0. The van der Waals surface area contributed by atoms with Crippen LogP contribution in [0.3, 0.4) is 0 Å². The second kappa shape index (κ2) is 6.63. The van der Waals surface area contributed by atoms with E-state index in [0.29, 0.717) is 11.3 Å². The van der Waals surface area contributed by atoms with Crippen molar-refractivity contribution in [3.63, 3.8) is 0 Å². The molecule has 0 bridgehead atoms. The topological polar surface area (TPSA) is 46.2 Å². The van der Waals surface area contributed by atoms with Crippen molar-refractivity contribution in [1.29, 1.82) is 0 Å². The molecule has 0 aliphatic rings. The van der Waals surface area contributed by atoms with Gasteiger partial charge in [-0.3, -0.25) is 0 Å². The summed E-state index contributed by atoms with van der Waals surface area (Å²) in [7, 11) is -3.52. The van der Waals surface area contributed by atoms with Gasteiger partial charge in [0.2, 0.25) is 10.0 Å². The molecule has 0 aromatic heterocycles. The van der Waals surface area contributed by atoms with E-state index in [2.05, 4.69) is 4.72 Å². The summed E-state index contributed by atoms with van der Waals surface area (Å²) in [5.74, 6) is 0. The Morgan fingerprint density at radius 1 is 0.955 bits per heavy atom. The average molecular weight is 317 g/mol. The van der Waals surface area contributed by atoms with Gasteiger partial charge in [-0.05, 0) is 56.0 Å². The molecule has 0 saturated heterocycles. The Hall–Kier alpha value is -1.65. The summed E-state index contributed by atoms with van der Waals surface area (Å²) in [4.78, 5) is 0.321. The van der Waals surface area contributed by atoms with Crippen LogP contribution in [0.25, 0.3) is 0 Å². The fourth-order valence-corrected chi connectivity index (χ4v) is 3.71. The first-order valence-corrected chi connectivity index (χ1v) is 8.98. The number of rotatable bonds is 5. The molecule has 0 aliphatic carbocycles. The molecule has 3 nitrogen and oxygen atoms in total. The van der Waals surface area contributed by atoms with Gasteiger partial charge in [0.05, 0.1) is 4.90 Å². The average Bonchev–Trinajstić information content (AvgIpc) is 2.48. The molecule has 0 radical (unpaired) electrons. The number of benzene rings is 2. The van der Waals surface area contributed by atoms with Crippen LogP contribution in [0.5, 0.6) is 0 Å². The summed E-state index contributed by atoms with van der Waals surface area (Å²) in [5, 5.41) is 0. The van der Waals surface area contributed by atoms with Crippen LogP contribution in [-0.4, -0.2) is 8.42 Å². The van der Waals surface area contributed by atoms with Gasteiger partial charge >= 0.3 is 0 Å². The summed E-state index contributed by atoms with van der Waals surface area (Å²) in [6.45, 7) is 7.89. The van der Waals surface area contributed by atoms with E-state index < -0.39 is 10.0 Å². The van der Waals surface area contributed by atoms with Gasteiger partial charge in [0.1, 0.15) is 0 Å². The molecule has 0 spiro atoms. The molecular weight excluding hydrogens is 294 g/mol. The number of hydrogen-bond donors (Lipinski definition) is 1. The Morgan fingerprint density at radius 3 is 2.14 bits per heavy atom. The molecule has 0 saturated carbocycles. The summed E-state index contributed by atoms with van der Waals surface area (Å²) in [5.41, 5.74) is 4.21. The Kier molecular flexibility index (Phi) is 5.04. The fourth-order valence-electron chi connectivity index (χ4n) is 2.32. The largest absolute Gasteiger partial charge is 0.241 e. The summed E-state index contributed by atoms with van der Waals surface area (Å²) < 4.78 is 28.0. The first kappa shape index (κ1) is 16.7. The zero-order valence-corrected chi connectivity index (χ0v) is 14.4. The monoisotopic (exact) mass is 317 g/mol. The molecule has 0 aliphatic heterocycles. The van der Waals surface area contributed by atoms with Gasteiger partial charge in [0.15, 0.2) is 0 Å². The summed E-state index contributed by atoms with van der Waals surface area (Å²) in [6.07, 6.45) is 0.702. The zero-order chi connectivity index (χ0) is 16.3. The second-order valence-electron chi connectivity index (χ2n) is 5.74. The Morgan fingerprint density at radius 2 is 1.59 bits per heavy atom. The van der Waals surface area contributed by atoms with Crippen molar-refractivity contribution in [2.75, 3.05) is 0 Å². The lowest BCUT2D eigenvalue weighted by Crippen LogP contribution is -2.28. The summed E-state index contributed by atoms with van der Waals surface area (Å²) in [6, 6.07) is 13.0. The Labute approximate surface area is 133 Å². The van der Waals surface area contributed by atoms with Crippen molar-refractivity contribution < 1.29 is 8.42 Å². The molecule has 0 heterocycles. The maximum absolute atomic E-state index is 12.6. The van der Waals surface area contributed by atoms with Crippen LogP contribution in [0.1, 0.15) is 41.6 Å². The van der Waals surface area contributed by atoms with Crippen molar-refractivity contribution in [3.05, 3.63) is 64.7 Å². The fraction of sp³-hybridized carbons (Fsp3) is 0.333. The predicted octanol–water partition coefficient (Wildman–Crippen LogP) is 4.04. The van der Waals surface area contributed by atoms with Gasteiger partial charge in [0.25, 0.3) is 0 Å². The minimum Gasteiger partial charge on any atom is -0.207 e. The molecule has 2 rings (SSSR count). The van der Waals surface area contributed by atoms with Gasteiger partial charge in [-0.2, -0.15) is 0 Å². The third-order valence-corrected chi connectivity index (χ3v) is 5.44. The highest BCUT2D eigenvalue weighted by Crippen LogP contribution is 2.22. The molecule has 0 amide bonds. The highest BCUT2D eigenvalue weighted by molar-refractivity contribution is 7.89. The van der Waals surface area contributed by atoms with Crippen molar-refractivity contribution in [3.8, 4) is 0 Å². The minimum atomic E-state index is -3.52. The van der Waals surface area contributed by atoms with Gasteiger partial charge in [-0.25, -0.2) is 13.1 Å². The van der Waals surface area contributed by atoms with E-state index in [1.165, 1.54) is 0 Å². The molecule has 1 unspecified atom stereocenters. The minimum absolute atomic E-state index is 0.216. The maximum Gasteiger partial charge on any atom is 0.241 e. The lowest BCUT2D eigenvalue weighted by molar-refractivity contribution is 0.550. The number of aryl methyl sites for hydroxylation is 3. The third-order valence-electron chi connectivity index (χ3n) is 3.97. The molecule has 4 heteroatoms. The Balaban J connectivity index is 2.29. The van der Waals surface area contributed by atoms with E-state index in [0.717, 1.165) is 22.3 Å². The van der Waals surface area contributed by atoms with E-state index in [1.54, 1.807) is 12.1 Å². The predicted molar refractivity (Wildman–Crippen MR) is 90.4 cm³/mol. The van der Waals surface area contributed by atoms with Crippen LogP contribution >= 0.6 is 0 Å². The SMILES string of the molecule is CCC(NS(=O)(=O)c1ccc(C)c(C)c1)c1ccc(C)cc1. The zero-order valence-electron chi connectivity index (χ0n) is 13.6. The van der Waals surface area contributed by atoms with Gasteiger partial charge in [-0.1, -0.05) is 42.8 Å². The molecule has 2 aromatic rings. The lowest BCUT2D eigenvalue weighted by atomic mass is 10.0. The van der Waals surface area contributed by atoms with E-state index in [-0.39, 0.29) is 6.04 Å². The number of nitrogens with one attached hydrogen (secondary N) is 1. The molecule has 118 valence electrons. The van der Waals surface area contributed by atoms with Crippen molar-refractivity contribution in [2.24, 2.45) is 0 Å². The number of sulfonamides is 1. The van der Waals surface area contributed by atoms with Crippen molar-refractivity contribution in [1.82, 2.24) is 4.72 Å². The molecule has 1 N–H and O–H groups in total. The standard InChI is InChI=1S/C18H23NO2S/c1-5-18(16-9-6-13(2)7-10-16)19-22(20,21)17-11-8-14(3)15(4)12-17/h6-12,18-19H,5H2,1-4H3. The van der Waals surface area contributed by atoms with Crippen LogP contribution in [0, 0.1) is 20.8 Å². The van der Waals surface area contributed by atoms with Crippen LogP contribution in [0.4, 0.5) is 0 Å². The molecule has 1 atom stereocenters. The molecular formula is C18H23NO2S. The van der Waals surface area contributed by atoms with E-state index in [1.807, 2.05) is 58.0 Å². The Bertz CT molecular complexity index is 749. The maximum atomic E-state index is 12.6. The van der Waals surface area contributed by atoms with E-state index >= 15 is 0 Å². The smallest absolute Gasteiger partial charge is 0.207 e. The lowest BCUT2D eigenvalue weighted by Gasteiger charge is -2.18. The molecule has 2 aromatic carbocycles. The van der Waals surface area contributed by atoms with Gasteiger partial charge in [0, 0.05) is 6.04 Å². The normalized spacial score (nSPS) is 13.1. The van der Waals surface area contributed by atoms with Crippen LogP contribution in [0.15, 0.2) is 47.4 Å². The molecule has 0 fully saturated rings. The van der Waals surface area contributed by atoms with Crippen molar-refractivity contribution >= 4 is 10.0 Å². The van der Waals surface area contributed by atoms with E-state index in [4.69, 9.17) is 0 Å². The van der Waals surface area contributed by atoms with Gasteiger partial charge < -0.3 is 0 Å². The number of hydrogen-bond acceptors (Lipinski definition) is 2. The van der Waals surface area contributed by atoms with Crippen LogP contribution in [-0.2, 0) is 10.0 Å². The van der Waals surface area contributed by atoms with E-state index in [9.17, 15) is 8.42 Å². The second-order valence-corrected chi connectivity index (χ2v) is 7.45. The third kappa shape index (κ3) is 3.76. The first-order chi connectivity index (χ1) is 10.3. The highest BCUT2D eigenvalue weighted by atomic mass is 32.2. The van der Waals surface area contributed by atoms with Crippen molar-refractivity contribution in [2.45, 2.75) is 45.1 Å².